The van der Waals surface area contributed by atoms with Gasteiger partial charge in [-0.25, -0.2) is 23.1 Å². The monoisotopic (exact) mass is 245 g/mol. The van der Waals surface area contributed by atoms with E-state index in [1.807, 2.05) is 0 Å². The molecule has 1 heterocycles. The fourth-order valence-electron chi connectivity index (χ4n) is 1.06. The second-order valence-electron chi connectivity index (χ2n) is 3.33. The van der Waals surface area contributed by atoms with Crippen LogP contribution in [-0.4, -0.2) is 37.7 Å². The summed E-state index contributed by atoms with van der Waals surface area (Å²) in [7, 11) is -3.14. The van der Waals surface area contributed by atoms with Gasteiger partial charge in [0.2, 0.25) is 10.0 Å². The van der Waals surface area contributed by atoms with Crippen LogP contribution in [0.2, 0.25) is 0 Å². The molecule has 7 nitrogen and oxygen atoms in total. The van der Waals surface area contributed by atoms with Crippen molar-refractivity contribution in [2.75, 3.05) is 30.4 Å². The van der Waals surface area contributed by atoms with Gasteiger partial charge < -0.3 is 11.1 Å². The lowest BCUT2D eigenvalue weighted by Gasteiger charge is -2.09. The van der Waals surface area contributed by atoms with Crippen molar-refractivity contribution < 1.29 is 8.42 Å². The number of rotatable bonds is 5. The number of sulfonamides is 1. The summed E-state index contributed by atoms with van der Waals surface area (Å²) >= 11 is 0. The summed E-state index contributed by atoms with van der Waals surface area (Å²) in [6.07, 6.45) is 2.47. The van der Waals surface area contributed by atoms with Gasteiger partial charge >= 0.3 is 0 Å². The summed E-state index contributed by atoms with van der Waals surface area (Å²) in [4.78, 5) is 7.82. The zero-order valence-corrected chi connectivity index (χ0v) is 10.0. The van der Waals surface area contributed by atoms with Gasteiger partial charge in [0.05, 0.1) is 6.26 Å². The summed E-state index contributed by atoms with van der Waals surface area (Å²) in [5, 5.41) is 2.97. The molecule has 0 amide bonds. The van der Waals surface area contributed by atoms with E-state index in [-0.39, 0.29) is 0 Å². The van der Waals surface area contributed by atoms with Crippen LogP contribution in [0, 0.1) is 6.92 Å². The third-order valence-corrected chi connectivity index (χ3v) is 2.63. The maximum Gasteiger partial charge on any atom is 0.208 e. The SMILES string of the molecule is Cc1c(N)ncnc1NCCNS(C)(=O)=O. The third-order valence-electron chi connectivity index (χ3n) is 1.90. The fraction of sp³-hybridized carbons (Fsp3) is 0.500. The Balaban J connectivity index is 2.47. The number of hydrogen-bond acceptors (Lipinski definition) is 6. The Morgan fingerprint density at radius 1 is 1.38 bits per heavy atom. The lowest BCUT2D eigenvalue weighted by Crippen LogP contribution is -2.28. The molecule has 0 spiro atoms. The van der Waals surface area contributed by atoms with E-state index in [2.05, 4.69) is 20.0 Å². The minimum Gasteiger partial charge on any atom is -0.383 e. The Morgan fingerprint density at radius 2 is 2.06 bits per heavy atom. The van der Waals surface area contributed by atoms with E-state index in [4.69, 9.17) is 5.73 Å². The van der Waals surface area contributed by atoms with Gasteiger partial charge in [-0.1, -0.05) is 0 Å². The Morgan fingerprint density at radius 3 is 2.69 bits per heavy atom. The van der Waals surface area contributed by atoms with Crippen LogP contribution in [0.3, 0.4) is 0 Å². The third kappa shape index (κ3) is 3.99. The van der Waals surface area contributed by atoms with Crippen molar-refractivity contribution in [3.8, 4) is 0 Å². The quantitative estimate of drug-likeness (QED) is 0.593. The van der Waals surface area contributed by atoms with Crippen LogP contribution in [0.5, 0.6) is 0 Å². The minimum absolute atomic E-state index is 0.294. The maximum absolute atomic E-state index is 10.8. The Hall–Kier alpha value is -1.41. The predicted molar refractivity (Wildman–Crippen MR) is 62.5 cm³/mol. The number of nitrogens with one attached hydrogen (secondary N) is 2. The lowest BCUT2D eigenvalue weighted by molar-refractivity contribution is 0.589. The molecule has 16 heavy (non-hydrogen) atoms. The van der Waals surface area contributed by atoms with Gasteiger partial charge in [0, 0.05) is 18.7 Å². The normalized spacial score (nSPS) is 11.4. The van der Waals surface area contributed by atoms with Crippen LogP contribution in [-0.2, 0) is 10.0 Å². The summed E-state index contributed by atoms with van der Waals surface area (Å²) in [5.41, 5.74) is 6.34. The van der Waals surface area contributed by atoms with Crippen molar-refractivity contribution in [1.29, 1.82) is 0 Å². The van der Waals surface area contributed by atoms with Crippen LogP contribution in [0.1, 0.15) is 5.56 Å². The van der Waals surface area contributed by atoms with E-state index in [0.29, 0.717) is 24.7 Å². The Kier molecular flexibility index (Phi) is 4.02. The van der Waals surface area contributed by atoms with Gasteiger partial charge in [0.1, 0.15) is 18.0 Å². The van der Waals surface area contributed by atoms with Gasteiger partial charge in [0.25, 0.3) is 0 Å². The van der Waals surface area contributed by atoms with E-state index in [1.165, 1.54) is 6.33 Å². The van der Waals surface area contributed by atoms with Crippen molar-refractivity contribution >= 4 is 21.7 Å². The van der Waals surface area contributed by atoms with Gasteiger partial charge in [-0.05, 0) is 6.92 Å². The van der Waals surface area contributed by atoms with E-state index in [0.717, 1.165) is 11.8 Å². The number of nitrogens with zero attached hydrogens (tertiary/aromatic N) is 2. The molecule has 1 rings (SSSR count). The van der Waals surface area contributed by atoms with Crippen molar-refractivity contribution in [2.24, 2.45) is 0 Å². The molecule has 0 radical (unpaired) electrons. The van der Waals surface area contributed by atoms with E-state index in [9.17, 15) is 8.42 Å². The van der Waals surface area contributed by atoms with Gasteiger partial charge in [-0.3, -0.25) is 0 Å². The first-order chi connectivity index (χ1) is 7.40. The summed E-state index contributed by atoms with van der Waals surface area (Å²) in [6, 6.07) is 0. The molecule has 1 aromatic heterocycles. The molecule has 0 aliphatic rings. The number of nitrogen functional groups attached to an aromatic ring is 1. The summed E-state index contributed by atoms with van der Waals surface area (Å²) in [5.74, 6) is 1.02. The van der Waals surface area contributed by atoms with Gasteiger partial charge in [-0.15, -0.1) is 0 Å². The molecule has 1 aromatic rings. The standard InChI is InChI=1S/C8H15N5O2S/c1-6-7(9)11-5-12-8(6)10-3-4-13-16(2,14)15/h5,13H,3-4H2,1-2H3,(H3,9,10,11,12). The largest absolute Gasteiger partial charge is 0.383 e. The molecule has 0 aliphatic heterocycles. The molecule has 0 aromatic carbocycles. The molecular formula is C8H15N5O2S. The van der Waals surface area contributed by atoms with Crippen LogP contribution >= 0.6 is 0 Å². The second kappa shape index (κ2) is 5.08. The average Bonchev–Trinajstić information content (AvgIpc) is 2.17. The first-order valence-electron chi connectivity index (χ1n) is 4.66. The highest BCUT2D eigenvalue weighted by atomic mass is 32.2. The molecule has 90 valence electrons. The van der Waals surface area contributed by atoms with Crippen LogP contribution < -0.4 is 15.8 Å². The lowest BCUT2D eigenvalue weighted by atomic mass is 10.3. The summed E-state index contributed by atoms with van der Waals surface area (Å²) < 4.78 is 23.9. The summed E-state index contributed by atoms with van der Waals surface area (Å²) in [6.45, 7) is 2.52. The molecule has 4 N–H and O–H groups in total. The predicted octanol–water partition coefficient (Wildman–Crippen LogP) is -0.672. The van der Waals surface area contributed by atoms with Crippen molar-refractivity contribution in [3.05, 3.63) is 11.9 Å². The average molecular weight is 245 g/mol. The van der Waals surface area contributed by atoms with E-state index < -0.39 is 10.0 Å². The van der Waals surface area contributed by atoms with Gasteiger partial charge in [-0.2, -0.15) is 0 Å². The molecular weight excluding hydrogens is 230 g/mol. The van der Waals surface area contributed by atoms with Gasteiger partial charge in [0.15, 0.2) is 0 Å². The van der Waals surface area contributed by atoms with E-state index in [1.54, 1.807) is 6.92 Å². The molecule has 8 heteroatoms. The topological polar surface area (TPSA) is 110 Å². The molecule has 0 saturated carbocycles. The highest BCUT2D eigenvalue weighted by Gasteiger charge is 2.03. The van der Waals surface area contributed by atoms with Crippen molar-refractivity contribution in [2.45, 2.75) is 6.92 Å². The van der Waals surface area contributed by atoms with Crippen LogP contribution in [0.4, 0.5) is 11.6 Å². The Labute approximate surface area is 94.5 Å². The number of nitrogens with two attached hydrogens (primary N) is 1. The van der Waals surface area contributed by atoms with Crippen LogP contribution in [0.15, 0.2) is 6.33 Å². The second-order valence-corrected chi connectivity index (χ2v) is 5.16. The zero-order valence-electron chi connectivity index (χ0n) is 9.19. The fourth-order valence-corrected chi connectivity index (χ4v) is 1.53. The number of aromatic nitrogens is 2. The minimum atomic E-state index is -3.14. The molecule has 0 atom stereocenters. The zero-order chi connectivity index (χ0) is 12.2. The first kappa shape index (κ1) is 12.7. The molecule has 0 fully saturated rings. The van der Waals surface area contributed by atoms with Crippen molar-refractivity contribution in [3.63, 3.8) is 0 Å². The van der Waals surface area contributed by atoms with Crippen molar-refractivity contribution in [1.82, 2.24) is 14.7 Å². The maximum atomic E-state index is 10.8. The molecule has 0 bridgehead atoms. The highest BCUT2D eigenvalue weighted by molar-refractivity contribution is 7.88. The molecule has 0 aliphatic carbocycles. The van der Waals surface area contributed by atoms with Crippen LogP contribution in [0.25, 0.3) is 0 Å². The smallest absolute Gasteiger partial charge is 0.208 e. The highest BCUT2D eigenvalue weighted by Crippen LogP contribution is 2.13. The first-order valence-corrected chi connectivity index (χ1v) is 6.55. The number of anilines is 2. The molecule has 0 saturated heterocycles. The Bertz CT molecular complexity index is 459. The number of hydrogen-bond donors (Lipinski definition) is 3. The van der Waals surface area contributed by atoms with E-state index >= 15 is 0 Å². The molecule has 0 unspecified atom stereocenters.